The van der Waals surface area contributed by atoms with Gasteiger partial charge in [-0.15, -0.1) is 0 Å². The molecule has 0 aromatic carbocycles. The molecule has 0 aromatic heterocycles. The van der Waals surface area contributed by atoms with E-state index in [9.17, 15) is 9.90 Å². The van der Waals surface area contributed by atoms with Crippen molar-refractivity contribution in [1.29, 1.82) is 0 Å². The molecule has 4 nitrogen and oxygen atoms in total. The Morgan fingerprint density at radius 1 is 1.29 bits per heavy atom. The Hall–Kier alpha value is -0.260. The molecule has 0 saturated carbocycles. The standard InChI is InChI=1S/C12H24O4S/c1-11(2,3)16-10(15)12(4,5)8-17-7-9(14)6-13/h9,13-14H,6-8H2,1-5H3. The second-order valence-electron chi connectivity index (χ2n) is 5.74. The zero-order chi connectivity index (χ0) is 13.7. The van der Waals surface area contributed by atoms with Crippen LogP contribution in [0.1, 0.15) is 34.6 Å². The Bertz CT molecular complexity index is 245. The van der Waals surface area contributed by atoms with E-state index in [4.69, 9.17) is 9.84 Å². The summed E-state index contributed by atoms with van der Waals surface area (Å²) in [5, 5.41) is 17.9. The van der Waals surface area contributed by atoms with Crippen molar-refractivity contribution in [3.05, 3.63) is 0 Å². The number of carbonyl (C=O) groups is 1. The predicted octanol–water partition coefficient (Wildman–Crippen LogP) is 1.44. The van der Waals surface area contributed by atoms with Crippen molar-refractivity contribution in [2.75, 3.05) is 18.1 Å². The molecule has 1 unspecified atom stereocenters. The summed E-state index contributed by atoms with van der Waals surface area (Å²) in [6, 6.07) is 0. The van der Waals surface area contributed by atoms with Crippen LogP contribution in [-0.2, 0) is 9.53 Å². The molecule has 17 heavy (non-hydrogen) atoms. The molecule has 0 amide bonds. The fourth-order valence-corrected chi connectivity index (χ4v) is 2.10. The van der Waals surface area contributed by atoms with E-state index in [1.165, 1.54) is 11.8 Å². The van der Waals surface area contributed by atoms with Gasteiger partial charge in [0.25, 0.3) is 0 Å². The zero-order valence-electron chi connectivity index (χ0n) is 11.3. The lowest BCUT2D eigenvalue weighted by Crippen LogP contribution is -2.35. The molecular formula is C12H24O4S. The van der Waals surface area contributed by atoms with E-state index in [2.05, 4.69) is 0 Å². The molecule has 102 valence electrons. The number of hydrogen-bond donors (Lipinski definition) is 2. The highest BCUT2D eigenvalue weighted by Gasteiger charge is 2.32. The maximum Gasteiger partial charge on any atom is 0.312 e. The molecular weight excluding hydrogens is 240 g/mol. The third-order valence-corrected chi connectivity index (χ3v) is 3.48. The quantitative estimate of drug-likeness (QED) is 0.711. The van der Waals surface area contributed by atoms with Gasteiger partial charge in [0.1, 0.15) is 5.60 Å². The highest BCUT2D eigenvalue weighted by atomic mass is 32.2. The molecule has 0 saturated heterocycles. The third-order valence-electron chi connectivity index (χ3n) is 1.94. The first-order valence-electron chi connectivity index (χ1n) is 5.68. The normalized spacial score (nSPS) is 14.5. The van der Waals surface area contributed by atoms with E-state index in [0.717, 1.165) is 0 Å². The van der Waals surface area contributed by atoms with Gasteiger partial charge in [0.2, 0.25) is 0 Å². The Morgan fingerprint density at radius 2 is 1.82 bits per heavy atom. The van der Waals surface area contributed by atoms with Gasteiger partial charge in [0.15, 0.2) is 0 Å². The maximum absolute atomic E-state index is 11.9. The van der Waals surface area contributed by atoms with Crippen molar-refractivity contribution >= 4 is 17.7 Å². The summed E-state index contributed by atoms with van der Waals surface area (Å²) < 4.78 is 5.32. The topological polar surface area (TPSA) is 66.8 Å². The molecule has 2 N–H and O–H groups in total. The number of aliphatic hydroxyl groups excluding tert-OH is 2. The Balaban J connectivity index is 4.14. The lowest BCUT2D eigenvalue weighted by atomic mass is 9.96. The van der Waals surface area contributed by atoms with Crippen LogP contribution in [0, 0.1) is 5.41 Å². The van der Waals surface area contributed by atoms with Crippen molar-refractivity contribution in [1.82, 2.24) is 0 Å². The first-order valence-corrected chi connectivity index (χ1v) is 6.84. The summed E-state index contributed by atoms with van der Waals surface area (Å²) >= 11 is 1.44. The van der Waals surface area contributed by atoms with Crippen LogP contribution in [0.5, 0.6) is 0 Å². The largest absolute Gasteiger partial charge is 0.460 e. The molecule has 0 heterocycles. The van der Waals surface area contributed by atoms with Crippen LogP contribution in [0.2, 0.25) is 0 Å². The monoisotopic (exact) mass is 264 g/mol. The van der Waals surface area contributed by atoms with Gasteiger partial charge >= 0.3 is 5.97 Å². The van der Waals surface area contributed by atoms with Crippen LogP contribution in [0.15, 0.2) is 0 Å². The van der Waals surface area contributed by atoms with Crippen molar-refractivity contribution in [3.63, 3.8) is 0 Å². The summed E-state index contributed by atoms with van der Waals surface area (Å²) in [4.78, 5) is 11.9. The molecule has 0 aliphatic rings. The first-order chi connectivity index (χ1) is 7.58. The van der Waals surface area contributed by atoms with E-state index < -0.39 is 17.1 Å². The second kappa shape index (κ2) is 6.61. The number of rotatable bonds is 6. The van der Waals surface area contributed by atoms with E-state index in [-0.39, 0.29) is 12.6 Å². The second-order valence-corrected chi connectivity index (χ2v) is 6.77. The minimum atomic E-state index is -0.727. The van der Waals surface area contributed by atoms with Crippen LogP contribution in [0.3, 0.4) is 0 Å². The van der Waals surface area contributed by atoms with E-state index >= 15 is 0 Å². The van der Waals surface area contributed by atoms with Crippen LogP contribution in [0.25, 0.3) is 0 Å². The van der Waals surface area contributed by atoms with Crippen molar-refractivity contribution in [2.24, 2.45) is 5.41 Å². The van der Waals surface area contributed by atoms with Gasteiger partial charge in [-0.05, 0) is 34.6 Å². The minimum absolute atomic E-state index is 0.240. The summed E-state index contributed by atoms with van der Waals surface area (Å²) in [7, 11) is 0. The molecule has 0 aliphatic heterocycles. The molecule has 0 aliphatic carbocycles. The molecule has 0 bridgehead atoms. The van der Waals surface area contributed by atoms with Gasteiger partial charge in [-0.2, -0.15) is 11.8 Å². The number of aliphatic hydroxyl groups is 2. The highest BCUT2D eigenvalue weighted by molar-refractivity contribution is 7.99. The Labute approximate surface area is 108 Å². The lowest BCUT2D eigenvalue weighted by molar-refractivity contribution is -0.164. The average molecular weight is 264 g/mol. The van der Waals surface area contributed by atoms with Crippen LogP contribution in [0.4, 0.5) is 0 Å². The molecule has 1 atom stereocenters. The third kappa shape index (κ3) is 7.63. The average Bonchev–Trinajstić information content (AvgIpc) is 2.14. The van der Waals surface area contributed by atoms with Gasteiger partial charge in [-0.1, -0.05) is 0 Å². The van der Waals surface area contributed by atoms with E-state index in [1.807, 2.05) is 34.6 Å². The first kappa shape index (κ1) is 16.7. The smallest absolute Gasteiger partial charge is 0.312 e. The molecule has 0 radical (unpaired) electrons. The SMILES string of the molecule is CC(C)(C)OC(=O)C(C)(C)CSCC(O)CO. The van der Waals surface area contributed by atoms with Gasteiger partial charge in [-0.25, -0.2) is 0 Å². The van der Waals surface area contributed by atoms with E-state index in [1.54, 1.807) is 0 Å². The summed E-state index contributed by atoms with van der Waals surface area (Å²) in [6.45, 7) is 8.90. The number of esters is 1. The number of ether oxygens (including phenoxy) is 1. The van der Waals surface area contributed by atoms with Crippen molar-refractivity contribution in [2.45, 2.75) is 46.3 Å². The number of hydrogen-bond acceptors (Lipinski definition) is 5. The molecule has 5 heteroatoms. The fourth-order valence-electron chi connectivity index (χ4n) is 0.978. The Kier molecular flexibility index (Phi) is 6.51. The molecule has 0 aromatic rings. The minimum Gasteiger partial charge on any atom is -0.460 e. The van der Waals surface area contributed by atoms with Crippen LogP contribution >= 0.6 is 11.8 Å². The maximum atomic E-state index is 11.9. The number of carbonyl (C=O) groups excluding carboxylic acids is 1. The van der Waals surface area contributed by atoms with Crippen LogP contribution in [-0.4, -0.2) is 46.0 Å². The summed E-state index contributed by atoms with van der Waals surface area (Å²) in [5.74, 6) is 0.734. The predicted molar refractivity (Wildman–Crippen MR) is 70.0 cm³/mol. The Morgan fingerprint density at radius 3 is 2.24 bits per heavy atom. The van der Waals surface area contributed by atoms with Gasteiger partial charge in [0.05, 0.1) is 18.1 Å². The van der Waals surface area contributed by atoms with Gasteiger partial charge in [-0.3, -0.25) is 4.79 Å². The number of thioether (sulfide) groups is 1. The van der Waals surface area contributed by atoms with Crippen molar-refractivity contribution < 1.29 is 19.7 Å². The molecule has 0 spiro atoms. The van der Waals surface area contributed by atoms with E-state index in [0.29, 0.717) is 11.5 Å². The van der Waals surface area contributed by atoms with Gasteiger partial charge < -0.3 is 14.9 Å². The zero-order valence-corrected chi connectivity index (χ0v) is 12.1. The van der Waals surface area contributed by atoms with Gasteiger partial charge in [0, 0.05) is 11.5 Å². The molecule has 0 fully saturated rings. The summed E-state index contributed by atoms with van der Waals surface area (Å²) in [5.41, 5.74) is -1.07. The summed E-state index contributed by atoms with van der Waals surface area (Å²) in [6.07, 6.45) is -0.727. The highest BCUT2D eigenvalue weighted by Crippen LogP contribution is 2.26. The van der Waals surface area contributed by atoms with Crippen LogP contribution < -0.4 is 0 Å². The molecule has 0 rings (SSSR count). The van der Waals surface area contributed by atoms with Crippen molar-refractivity contribution in [3.8, 4) is 0 Å². The lowest BCUT2D eigenvalue weighted by Gasteiger charge is -2.28. The fraction of sp³-hybridized carbons (Fsp3) is 0.917.